The van der Waals surface area contributed by atoms with Crippen LogP contribution < -0.4 is 5.32 Å². The van der Waals surface area contributed by atoms with E-state index in [1.54, 1.807) is 0 Å². The second kappa shape index (κ2) is 7.47. The zero-order valence-corrected chi connectivity index (χ0v) is 17.7. The van der Waals surface area contributed by atoms with E-state index in [1.807, 2.05) is 0 Å². The van der Waals surface area contributed by atoms with E-state index in [9.17, 15) is 4.79 Å². The van der Waals surface area contributed by atoms with Gasteiger partial charge in [0.05, 0.1) is 5.41 Å². The molecule has 2 aromatic rings. The molecule has 152 valence electrons. The Balaban J connectivity index is 1.28. The van der Waals surface area contributed by atoms with Crippen molar-refractivity contribution in [3.8, 4) is 0 Å². The average molecular weight is 408 g/mol. The number of alkyl halides is 1. The SMILES string of the molecule is O=C(NCCC(c1ccccc1)c1ccccc1)C12C[C@@H]3C[C@@H](CC(Cl)(C3)C1)C2. The Bertz CT molecular complexity index is 811. The smallest absolute Gasteiger partial charge is 0.226 e. The fourth-order valence-electron chi connectivity index (χ4n) is 6.83. The van der Waals surface area contributed by atoms with Crippen molar-refractivity contribution in [2.45, 2.75) is 55.7 Å². The normalized spacial score (nSPS) is 32.5. The van der Waals surface area contributed by atoms with Gasteiger partial charge < -0.3 is 5.32 Å². The molecule has 0 radical (unpaired) electrons. The van der Waals surface area contributed by atoms with Crippen LogP contribution in [0.25, 0.3) is 0 Å². The number of nitrogens with one attached hydrogen (secondary N) is 1. The van der Waals surface area contributed by atoms with Gasteiger partial charge >= 0.3 is 0 Å². The molecule has 4 fully saturated rings. The summed E-state index contributed by atoms with van der Waals surface area (Å²) >= 11 is 6.93. The van der Waals surface area contributed by atoms with Crippen LogP contribution in [0.4, 0.5) is 0 Å². The molecule has 4 bridgehead atoms. The van der Waals surface area contributed by atoms with E-state index in [0.717, 1.165) is 38.5 Å². The highest BCUT2D eigenvalue weighted by molar-refractivity contribution is 6.24. The summed E-state index contributed by atoms with van der Waals surface area (Å²) in [5.41, 5.74) is 2.41. The van der Waals surface area contributed by atoms with Crippen molar-refractivity contribution in [1.29, 1.82) is 0 Å². The van der Waals surface area contributed by atoms with Gasteiger partial charge in [0, 0.05) is 17.3 Å². The van der Waals surface area contributed by atoms with Crippen molar-refractivity contribution in [3.63, 3.8) is 0 Å². The van der Waals surface area contributed by atoms with Crippen LogP contribution in [-0.2, 0) is 4.79 Å². The molecule has 2 unspecified atom stereocenters. The molecule has 0 aromatic heterocycles. The molecular formula is C26H30ClNO. The first kappa shape index (κ1) is 19.2. The summed E-state index contributed by atoms with van der Waals surface area (Å²) in [6, 6.07) is 21.3. The van der Waals surface area contributed by atoms with Crippen LogP contribution in [0.5, 0.6) is 0 Å². The van der Waals surface area contributed by atoms with Gasteiger partial charge in [0.15, 0.2) is 0 Å². The molecule has 2 nitrogen and oxygen atoms in total. The molecule has 4 aliphatic rings. The van der Waals surface area contributed by atoms with E-state index >= 15 is 0 Å². The number of carbonyl (C=O) groups excluding carboxylic acids is 1. The Morgan fingerprint density at radius 3 is 2.00 bits per heavy atom. The van der Waals surface area contributed by atoms with Gasteiger partial charge in [-0.25, -0.2) is 0 Å². The molecule has 0 saturated heterocycles. The maximum Gasteiger partial charge on any atom is 0.226 e. The lowest BCUT2D eigenvalue weighted by molar-refractivity contribution is -0.144. The molecule has 4 aliphatic carbocycles. The van der Waals surface area contributed by atoms with Gasteiger partial charge in [-0.3, -0.25) is 4.79 Å². The monoisotopic (exact) mass is 407 g/mol. The van der Waals surface area contributed by atoms with E-state index in [4.69, 9.17) is 11.6 Å². The fraction of sp³-hybridized carbons (Fsp3) is 0.500. The second-order valence-electron chi connectivity index (χ2n) is 9.81. The minimum absolute atomic E-state index is 0.113. The van der Waals surface area contributed by atoms with Crippen LogP contribution in [-0.4, -0.2) is 17.3 Å². The molecule has 4 atom stereocenters. The largest absolute Gasteiger partial charge is 0.356 e. The van der Waals surface area contributed by atoms with Crippen LogP contribution in [0.3, 0.4) is 0 Å². The molecule has 0 spiro atoms. The highest BCUT2D eigenvalue weighted by atomic mass is 35.5. The summed E-state index contributed by atoms with van der Waals surface area (Å²) < 4.78 is 0. The van der Waals surface area contributed by atoms with Gasteiger partial charge in [-0.05, 0) is 67.9 Å². The molecule has 4 saturated carbocycles. The van der Waals surface area contributed by atoms with Crippen molar-refractivity contribution in [1.82, 2.24) is 5.32 Å². The Morgan fingerprint density at radius 2 is 1.48 bits per heavy atom. The predicted molar refractivity (Wildman–Crippen MR) is 118 cm³/mol. The number of benzene rings is 2. The van der Waals surface area contributed by atoms with Crippen molar-refractivity contribution >= 4 is 17.5 Å². The summed E-state index contributed by atoms with van der Waals surface area (Å²) in [4.78, 5) is 13.2. The Morgan fingerprint density at radius 1 is 0.931 bits per heavy atom. The summed E-state index contributed by atoms with van der Waals surface area (Å²) in [5.74, 6) is 1.87. The minimum Gasteiger partial charge on any atom is -0.356 e. The van der Waals surface area contributed by atoms with Crippen molar-refractivity contribution < 1.29 is 4.79 Å². The molecule has 1 N–H and O–H groups in total. The lowest BCUT2D eigenvalue weighted by Crippen LogP contribution is -2.58. The topological polar surface area (TPSA) is 29.1 Å². The maximum absolute atomic E-state index is 13.3. The molecule has 6 rings (SSSR count). The van der Waals surface area contributed by atoms with E-state index in [-0.39, 0.29) is 16.2 Å². The fourth-order valence-corrected chi connectivity index (χ4v) is 7.52. The molecule has 1 amide bonds. The number of rotatable bonds is 6. The molecule has 0 aliphatic heterocycles. The van der Waals surface area contributed by atoms with Crippen LogP contribution in [0.2, 0.25) is 0 Å². The number of carbonyl (C=O) groups is 1. The van der Waals surface area contributed by atoms with E-state index in [2.05, 4.69) is 66.0 Å². The summed E-state index contributed by atoms with van der Waals surface area (Å²) in [7, 11) is 0. The third-order valence-corrected chi connectivity index (χ3v) is 8.04. The Kier molecular flexibility index (Phi) is 4.94. The summed E-state index contributed by atoms with van der Waals surface area (Å²) in [6.07, 6.45) is 7.40. The first-order valence-corrected chi connectivity index (χ1v) is 11.5. The van der Waals surface area contributed by atoms with E-state index < -0.39 is 0 Å². The van der Waals surface area contributed by atoms with Gasteiger partial charge in [0.2, 0.25) is 5.91 Å². The first-order chi connectivity index (χ1) is 14.1. The lowest BCUT2D eigenvalue weighted by Gasteiger charge is -2.59. The van der Waals surface area contributed by atoms with Gasteiger partial charge in [0.25, 0.3) is 0 Å². The zero-order valence-electron chi connectivity index (χ0n) is 16.9. The minimum atomic E-state index is -0.208. The van der Waals surface area contributed by atoms with Gasteiger partial charge in [-0.2, -0.15) is 0 Å². The number of amides is 1. The Labute approximate surface area is 179 Å². The quantitative estimate of drug-likeness (QED) is 0.593. The van der Waals surface area contributed by atoms with Crippen LogP contribution in [0, 0.1) is 17.3 Å². The number of halogens is 1. The molecule has 3 heteroatoms. The lowest BCUT2D eigenvalue weighted by atomic mass is 9.49. The summed E-state index contributed by atoms with van der Waals surface area (Å²) in [6.45, 7) is 0.708. The third-order valence-electron chi connectivity index (χ3n) is 7.59. The van der Waals surface area contributed by atoms with Crippen molar-refractivity contribution in [2.75, 3.05) is 6.54 Å². The highest BCUT2D eigenvalue weighted by Crippen LogP contribution is 2.63. The standard InChI is InChI=1S/C26H30ClNO/c27-26-16-19-13-20(17-26)15-25(14-19,18-26)24(29)28-12-11-23(21-7-3-1-4-8-21)22-9-5-2-6-10-22/h1-10,19-20,23H,11-18H2,(H,28,29)/t19-,20+,25?,26?. The first-order valence-electron chi connectivity index (χ1n) is 11.1. The molecule has 0 heterocycles. The second-order valence-corrected chi connectivity index (χ2v) is 10.6. The summed E-state index contributed by atoms with van der Waals surface area (Å²) in [5, 5.41) is 3.33. The van der Waals surface area contributed by atoms with Crippen molar-refractivity contribution in [3.05, 3.63) is 71.8 Å². The molecule has 2 aromatic carbocycles. The van der Waals surface area contributed by atoms with E-state index in [0.29, 0.717) is 24.3 Å². The van der Waals surface area contributed by atoms with Crippen molar-refractivity contribution in [2.24, 2.45) is 17.3 Å². The van der Waals surface area contributed by atoms with Gasteiger partial charge in [-0.1, -0.05) is 60.7 Å². The third kappa shape index (κ3) is 3.72. The molecular weight excluding hydrogens is 378 g/mol. The Hall–Kier alpha value is -1.80. The van der Waals surface area contributed by atoms with Crippen LogP contribution in [0.15, 0.2) is 60.7 Å². The zero-order chi connectivity index (χ0) is 19.9. The predicted octanol–water partition coefficient (Wildman–Crippen LogP) is 5.90. The van der Waals surface area contributed by atoms with Gasteiger partial charge in [0.1, 0.15) is 0 Å². The van der Waals surface area contributed by atoms with Gasteiger partial charge in [-0.15, -0.1) is 11.6 Å². The highest BCUT2D eigenvalue weighted by Gasteiger charge is 2.59. The number of hydrogen-bond donors (Lipinski definition) is 1. The van der Waals surface area contributed by atoms with Crippen LogP contribution in [0.1, 0.15) is 62.0 Å². The van der Waals surface area contributed by atoms with E-state index in [1.165, 1.54) is 17.5 Å². The molecule has 29 heavy (non-hydrogen) atoms. The average Bonchev–Trinajstić information content (AvgIpc) is 2.70. The van der Waals surface area contributed by atoms with Crippen LogP contribution >= 0.6 is 11.6 Å². The number of hydrogen-bond acceptors (Lipinski definition) is 1. The maximum atomic E-state index is 13.3.